The summed E-state index contributed by atoms with van der Waals surface area (Å²) in [5, 5.41) is 0. The van der Waals surface area contributed by atoms with Crippen molar-refractivity contribution in [3.63, 3.8) is 0 Å². The molecule has 1 unspecified atom stereocenters. The molecule has 1 aromatic rings. The number of nitrogen functional groups attached to an aromatic ring is 1. The topological polar surface area (TPSA) is 54.2 Å². The third-order valence-corrected chi connectivity index (χ3v) is 2.85. The second-order valence-corrected chi connectivity index (χ2v) is 4.23. The molecule has 0 aliphatic rings. The van der Waals surface area contributed by atoms with E-state index in [1.54, 1.807) is 6.20 Å². The number of nitrogens with two attached hydrogens (primary N) is 1. The summed E-state index contributed by atoms with van der Waals surface area (Å²) < 4.78 is 0. The van der Waals surface area contributed by atoms with Crippen molar-refractivity contribution >= 4 is 5.69 Å². The van der Waals surface area contributed by atoms with Crippen molar-refractivity contribution in [2.75, 3.05) is 12.5 Å². The summed E-state index contributed by atoms with van der Waals surface area (Å²) >= 11 is 0. The molecule has 1 aromatic heterocycles. The van der Waals surface area contributed by atoms with E-state index in [9.17, 15) is 0 Å². The Labute approximate surface area is 97.8 Å². The van der Waals surface area contributed by atoms with E-state index in [4.69, 9.17) is 5.84 Å². The number of hydrogen-bond acceptors (Lipinski definition) is 4. The third kappa shape index (κ3) is 3.79. The quantitative estimate of drug-likeness (QED) is 0.571. The molecule has 0 bridgehead atoms. The Morgan fingerprint density at radius 2 is 2.31 bits per heavy atom. The Morgan fingerprint density at radius 1 is 1.56 bits per heavy atom. The van der Waals surface area contributed by atoms with Crippen LogP contribution in [0.1, 0.15) is 32.4 Å². The molecule has 4 heteroatoms. The first kappa shape index (κ1) is 12.9. The summed E-state index contributed by atoms with van der Waals surface area (Å²) in [5.74, 6) is 5.37. The van der Waals surface area contributed by atoms with Gasteiger partial charge >= 0.3 is 0 Å². The van der Waals surface area contributed by atoms with Crippen molar-refractivity contribution in [2.24, 2.45) is 5.84 Å². The van der Waals surface area contributed by atoms with Crippen LogP contribution in [0.15, 0.2) is 18.3 Å². The highest BCUT2D eigenvalue weighted by Gasteiger charge is 2.09. The zero-order valence-corrected chi connectivity index (χ0v) is 10.4. The minimum absolute atomic E-state index is 0.585. The van der Waals surface area contributed by atoms with Crippen LogP contribution in [0.2, 0.25) is 0 Å². The highest BCUT2D eigenvalue weighted by atomic mass is 15.2. The van der Waals surface area contributed by atoms with Gasteiger partial charge in [-0.25, -0.2) is 0 Å². The fraction of sp³-hybridized carbons (Fsp3) is 0.583. The second kappa shape index (κ2) is 6.45. The van der Waals surface area contributed by atoms with E-state index >= 15 is 0 Å². The molecule has 0 radical (unpaired) electrons. The predicted octanol–water partition coefficient (Wildman–Crippen LogP) is 1.99. The maximum atomic E-state index is 5.37. The van der Waals surface area contributed by atoms with Crippen LogP contribution in [0, 0.1) is 0 Å². The van der Waals surface area contributed by atoms with Gasteiger partial charge < -0.3 is 5.43 Å². The Kier molecular flexibility index (Phi) is 5.22. The molecule has 0 aromatic carbocycles. The first-order chi connectivity index (χ1) is 7.67. The van der Waals surface area contributed by atoms with Crippen LogP contribution in [0.5, 0.6) is 0 Å². The van der Waals surface area contributed by atoms with E-state index in [-0.39, 0.29) is 0 Å². The van der Waals surface area contributed by atoms with Crippen molar-refractivity contribution in [2.45, 2.75) is 39.3 Å². The molecule has 0 aliphatic heterocycles. The number of aromatic nitrogens is 1. The lowest BCUT2D eigenvalue weighted by atomic mass is 10.1. The van der Waals surface area contributed by atoms with Crippen LogP contribution in [-0.2, 0) is 6.54 Å². The van der Waals surface area contributed by atoms with Crippen molar-refractivity contribution in [3.8, 4) is 0 Å². The van der Waals surface area contributed by atoms with Crippen LogP contribution in [0.3, 0.4) is 0 Å². The van der Waals surface area contributed by atoms with Gasteiger partial charge in [-0.15, -0.1) is 0 Å². The largest absolute Gasteiger partial charge is 0.324 e. The molecule has 1 atom stereocenters. The number of rotatable bonds is 6. The van der Waals surface area contributed by atoms with Gasteiger partial charge in [0.1, 0.15) is 0 Å². The minimum atomic E-state index is 0.585. The monoisotopic (exact) mass is 222 g/mol. The van der Waals surface area contributed by atoms with E-state index in [1.165, 1.54) is 12.8 Å². The van der Waals surface area contributed by atoms with E-state index < -0.39 is 0 Å². The van der Waals surface area contributed by atoms with Gasteiger partial charge in [0.05, 0.1) is 11.4 Å². The summed E-state index contributed by atoms with van der Waals surface area (Å²) in [6.07, 6.45) is 4.21. The number of nitrogens with zero attached hydrogens (tertiary/aromatic N) is 2. The Balaban J connectivity index is 2.58. The van der Waals surface area contributed by atoms with Gasteiger partial charge in [-0.05, 0) is 32.5 Å². The number of anilines is 1. The molecule has 3 N–H and O–H groups in total. The average Bonchev–Trinajstić information content (AvgIpc) is 2.29. The van der Waals surface area contributed by atoms with Crippen molar-refractivity contribution in [1.82, 2.24) is 9.88 Å². The normalized spacial score (nSPS) is 12.8. The van der Waals surface area contributed by atoms with Gasteiger partial charge in [-0.2, -0.15) is 0 Å². The first-order valence-electron chi connectivity index (χ1n) is 5.79. The molecule has 0 aliphatic carbocycles. The van der Waals surface area contributed by atoms with E-state index in [1.807, 2.05) is 12.1 Å². The second-order valence-electron chi connectivity index (χ2n) is 4.23. The van der Waals surface area contributed by atoms with Gasteiger partial charge in [0.25, 0.3) is 0 Å². The molecule has 0 saturated carbocycles. The van der Waals surface area contributed by atoms with Crippen LogP contribution >= 0.6 is 0 Å². The lowest BCUT2D eigenvalue weighted by Crippen LogP contribution is -2.28. The highest BCUT2D eigenvalue weighted by molar-refractivity contribution is 5.41. The number of pyridine rings is 1. The lowest BCUT2D eigenvalue weighted by molar-refractivity contribution is 0.234. The van der Waals surface area contributed by atoms with Gasteiger partial charge in [-0.3, -0.25) is 15.7 Å². The van der Waals surface area contributed by atoms with Crippen molar-refractivity contribution in [3.05, 3.63) is 24.0 Å². The molecule has 1 rings (SSSR count). The van der Waals surface area contributed by atoms with E-state index in [0.29, 0.717) is 6.04 Å². The molecule has 4 nitrogen and oxygen atoms in total. The average molecular weight is 222 g/mol. The van der Waals surface area contributed by atoms with Gasteiger partial charge in [0, 0.05) is 18.8 Å². The molecule has 90 valence electrons. The van der Waals surface area contributed by atoms with Crippen LogP contribution in [0.25, 0.3) is 0 Å². The molecule has 1 heterocycles. The summed E-state index contributed by atoms with van der Waals surface area (Å²) in [6.45, 7) is 5.31. The zero-order valence-electron chi connectivity index (χ0n) is 10.4. The summed E-state index contributed by atoms with van der Waals surface area (Å²) in [5.41, 5.74) is 4.58. The molecule has 16 heavy (non-hydrogen) atoms. The standard InChI is InChI=1S/C12H22N4/c1-4-5-10(2)16(3)9-12-8-11(15-13)6-7-14-12/h6-8,10H,4-5,9,13H2,1-3H3,(H,14,15). The van der Waals surface area contributed by atoms with Crippen LogP contribution in [0.4, 0.5) is 5.69 Å². The number of hydrazine groups is 1. The van der Waals surface area contributed by atoms with Crippen molar-refractivity contribution in [1.29, 1.82) is 0 Å². The van der Waals surface area contributed by atoms with Gasteiger partial charge in [0.2, 0.25) is 0 Å². The maximum Gasteiger partial charge on any atom is 0.0564 e. The molecule has 0 spiro atoms. The fourth-order valence-electron chi connectivity index (χ4n) is 1.70. The maximum absolute atomic E-state index is 5.37. The molecule has 0 fully saturated rings. The lowest BCUT2D eigenvalue weighted by Gasteiger charge is -2.23. The Morgan fingerprint density at radius 3 is 2.94 bits per heavy atom. The molecule has 0 amide bonds. The SMILES string of the molecule is CCCC(C)N(C)Cc1cc(NN)ccn1. The summed E-state index contributed by atoms with van der Waals surface area (Å²) in [4.78, 5) is 6.64. The summed E-state index contributed by atoms with van der Waals surface area (Å²) in [6, 6.07) is 4.43. The highest BCUT2D eigenvalue weighted by Crippen LogP contribution is 2.11. The van der Waals surface area contributed by atoms with E-state index in [2.05, 4.69) is 36.2 Å². The van der Waals surface area contributed by atoms with Crippen molar-refractivity contribution < 1.29 is 0 Å². The smallest absolute Gasteiger partial charge is 0.0564 e. The molecular formula is C12H22N4. The molecule has 0 saturated heterocycles. The van der Waals surface area contributed by atoms with Gasteiger partial charge in [0.15, 0.2) is 0 Å². The minimum Gasteiger partial charge on any atom is -0.324 e. The van der Waals surface area contributed by atoms with Gasteiger partial charge in [-0.1, -0.05) is 13.3 Å². The van der Waals surface area contributed by atoms with Crippen LogP contribution in [-0.4, -0.2) is 23.0 Å². The fourth-order valence-corrected chi connectivity index (χ4v) is 1.70. The number of hydrogen-bond donors (Lipinski definition) is 2. The van der Waals surface area contributed by atoms with Crippen LogP contribution < -0.4 is 11.3 Å². The zero-order chi connectivity index (χ0) is 12.0. The Hall–Kier alpha value is -1.13. The Bertz CT molecular complexity index is 314. The van der Waals surface area contributed by atoms with E-state index in [0.717, 1.165) is 17.9 Å². The summed E-state index contributed by atoms with van der Waals surface area (Å²) in [7, 11) is 2.13. The predicted molar refractivity (Wildman–Crippen MR) is 67.9 cm³/mol. The third-order valence-electron chi connectivity index (χ3n) is 2.85. The number of nitrogens with one attached hydrogen (secondary N) is 1. The molecular weight excluding hydrogens is 200 g/mol. The first-order valence-corrected chi connectivity index (χ1v) is 5.79.